The molecule has 19 heavy (non-hydrogen) atoms. The Bertz CT molecular complexity index is 566. The molecule has 2 aromatic rings. The molecule has 0 aliphatic carbocycles. The fourth-order valence-corrected chi connectivity index (χ4v) is 1.74. The number of rotatable bonds is 6. The molecule has 0 amide bonds. The number of carbonyl (C=O) groups excluding carboxylic acids is 1. The first-order chi connectivity index (χ1) is 9.30. The smallest absolute Gasteiger partial charge is 0.172 e. The van der Waals surface area contributed by atoms with Crippen molar-refractivity contribution >= 4 is 6.29 Å². The molecule has 1 heterocycles. The van der Waals surface area contributed by atoms with Crippen LogP contribution in [0.25, 0.3) is 0 Å². The molecule has 0 saturated carbocycles. The Morgan fingerprint density at radius 3 is 2.95 bits per heavy atom. The van der Waals surface area contributed by atoms with E-state index in [4.69, 9.17) is 9.47 Å². The van der Waals surface area contributed by atoms with Crippen LogP contribution in [0.2, 0.25) is 0 Å². The standard InChI is InChI=1S/C13H15N3O3/c1-3-16-12(14-9-15-16)8-19-13-10(7-17)5-4-6-11(13)18-2/h4-7,9H,3,8H2,1-2H3. The molecule has 6 nitrogen and oxygen atoms in total. The zero-order valence-electron chi connectivity index (χ0n) is 10.9. The molecule has 0 aliphatic rings. The molecule has 0 atom stereocenters. The largest absolute Gasteiger partial charge is 0.493 e. The minimum Gasteiger partial charge on any atom is -0.493 e. The Balaban J connectivity index is 2.21. The zero-order valence-corrected chi connectivity index (χ0v) is 10.9. The summed E-state index contributed by atoms with van der Waals surface area (Å²) in [6.45, 7) is 2.92. The van der Waals surface area contributed by atoms with Crippen molar-refractivity contribution in [3.63, 3.8) is 0 Å². The lowest BCUT2D eigenvalue weighted by Crippen LogP contribution is -2.08. The summed E-state index contributed by atoms with van der Waals surface area (Å²) in [5, 5.41) is 4.06. The minimum absolute atomic E-state index is 0.231. The number of aromatic nitrogens is 3. The lowest BCUT2D eigenvalue weighted by Gasteiger charge is -2.12. The van der Waals surface area contributed by atoms with Crippen LogP contribution < -0.4 is 9.47 Å². The van der Waals surface area contributed by atoms with E-state index in [0.29, 0.717) is 29.4 Å². The van der Waals surface area contributed by atoms with E-state index < -0.39 is 0 Å². The summed E-state index contributed by atoms with van der Waals surface area (Å²) in [6, 6.07) is 5.16. The van der Waals surface area contributed by atoms with E-state index >= 15 is 0 Å². The second-order valence-corrected chi connectivity index (χ2v) is 3.78. The van der Waals surface area contributed by atoms with E-state index in [9.17, 15) is 4.79 Å². The van der Waals surface area contributed by atoms with Gasteiger partial charge in [0.25, 0.3) is 0 Å². The van der Waals surface area contributed by atoms with Crippen LogP contribution in [0.5, 0.6) is 11.5 Å². The monoisotopic (exact) mass is 261 g/mol. The summed E-state index contributed by atoms with van der Waals surface area (Å²) < 4.78 is 12.6. The number of benzene rings is 1. The molecule has 0 saturated heterocycles. The molecular weight excluding hydrogens is 246 g/mol. The van der Waals surface area contributed by atoms with Crippen LogP contribution in [0.1, 0.15) is 23.1 Å². The van der Waals surface area contributed by atoms with Gasteiger partial charge in [0.05, 0.1) is 12.7 Å². The second-order valence-electron chi connectivity index (χ2n) is 3.78. The Morgan fingerprint density at radius 1 is 1.42 bits per heavy atom. The number of ether oxygens (including phenoxy) is 2. The van der Waals surface area contributed by atoms with Crippen LogP contribution in [0.15, 0.2) is 24.5 Å². The van der Waals surface area contributed by atoms with Crippen molar-refractivity contribution in [2.45, 2.75) is 20.1 Å². The van der Waals surface area contributed by atoms with Gasteiger partial charge in [0, 0.05) is 6.54 Å². The van der Waals surface area contributed by atoms with Gasteiger partial charge in [0.1, 0.15) is 12.9 Å². The molecule has 0 N–H and O–H groups in total. The van der Waals surface area contributed by atoms with Crippen molar-refractivity contribution in [3.05, 3.63) is 35.9 Å². The van der Waals surface area contributed by atoms with Gasteiger partial charge in [-0.1, -0.05) is 6.07 Å². The fraction of sp³-hybridized carbons (Fsp3) is 0.308. The molecule has 100 valence electrons. The van der Waals surface area contributed by atoms with Gasteiger partial charge in [0.15, 0.2) is 23.6 Å². The third-order valence-electron chi connectivity index (χ3n) is 2.70. The van der Waals surface area contributed by atoms with Crippen LogP contribution in [0.3, 0.4) is 0 Å². The SMILES string of the molecule is CCn1ncnc1COc1c(C=O)cccc1OC. The Morgan fingerprint density at radius 2 is 2.26 bits per heavy atom. The van der Waals surface area contributed by atoms with Crippen LogP contribution in [0.4, 0.5) is 0 Å². The van der Waals surface area contributed by atoms with Gasteiger partial charge in [-0.25, -0.2) is 9.67 Å². The summed E-state index contributed by atoms with van der Waals surface area (Å²) >= 11 is 0. The molecule has 0 aliphatic heterocycles. The molecule has 6 heteroatoms. The first-order valence-electron chi connectivity index (χ1n) is 5.91. The Labute approximate surface area is 111 Å². The number of nitrogens with zero attached hydrogens (tertiary/aromatic N) is 3. The van der Waals surface area contributed by atoms with Gasteiger partial charge in [-0.3, -0.25) is 4.79 Å². The highest BCUT2D eigenvalue weighted by atomic mass is 16.5. The van der Waals surface area contributed by atoms with Gasteiger partial charge in [-0.2, -0.15) is 5.10 Å². The van der Waals surface area contributed by atoms with Gasteiger partial charge in [-0.15, -0.1) is 0 Å². The van der Waals surface area contributed by atoms with Crippen LogP contribution in [0, 0.1) is 0 Å². The van der Waals surface area contributed by atoms with E-state index in [2.05, 4.69) is 10.1 Å². The van der Waals surface area contributed by atoms with E-state index in [1.807, 2.05) is 6.92 Å². The highest BCUT2D eigenvalue weighted by molar-refractivity contribution is 5.81. The Hall–Kier alpha value is -2.37. The maximum Gasteiger partial charge on any atom is 0.172 e. The van der Waals surface area contributed by atoms with Gasteiger partial charge in [0.2, 0.25) is 0 Å². The van der Waals surface area contributed by atoms with Crippen molar-refractivity contribution in [2.75, 3.05) is 7.11 Å². The number of aryl methyl sites for hydroxylation is 1. The quantitative estimate of drug-likeness (QED) is 0.740. The number of hydrogen-bond acceptors (Lipinski definition) is 5. The normalized spacial score (nSPS) is 10.2. The molecule has 0 bridgehead atoms. The maximum absolute atomic E-state index is 11.0. The van der Waals surface area contributed by atoms with Gasteiger partial charge in [-0.05, 0) is 19.1 Å². The van der Waals surface area contributed by atoms with Crippen molar-refractivity contribution in [1.82, 2.24) is 14.8 Å². The lowest BCUT2D eigenvalue weighted by atomic mass is 10.2. The number of methoxy groups -OCH3 is 1. The molecule has 0 unspecified atom stereocenters. The number of aldehydes is 1. The Kier molecular flexibility index (Phi) is 4.12. The fourth-order valence-electron chi connectivity index (χ4n) is 1.74. The van der Waals surface area contributed by atoms with Gasteiger partial charge < -0.3 is 9.47 Å². The second kappa shape index (κ2) is 5.99. The number of carbonyl (C=O) groups is 1. The molecule has 0 spiro atoms. The predicted molar refractivity (Wildman–Crippen MR) is 68.4 cm³/mol. The summed E-state index contributed by atoms with van der Waals surface area (Å²) in [7, 11) is 1.53. The van der Waals surface area contributed by atoms with Crippen molar-refractivity contribution in [2.24, 2.45) is 0 Å². The van der Waals surface area contributed by atoms with Crippen molar-refractivity contribution in [1.29, 1.82) is 0 Å². The summed E-state index contributed by atoms with van der Waals surface area (Å²) in [5.41, 5.74) is 0.446. The minimum atomic E-state index is 0.231. The molecule has 1 aromatic heterocycles. The van der Waals surface area contributed by atoms with E-state index in [1.54, 1.807) is 22.9 Å². The zero-order chi connectivity index (χ0) is 13.7. The number of hydrogen-bond donors (Lipinski definition) is 0. The van der Waals surface area contributed by atoms with Gasteiger partial charge >= 0.3 is 0 Å². The first kappa shape index (κ1) is 13.1. The molecule has 0 fully saturated rings. The van der Waals surface area contributed by atoms with Crippen LogP contribution in [-0.2, 0) is 13.2 Å². The topological polar surface area (TPSA) is 66.2 Å². The highest BCUT2D eigenvalue weighted by Crippen LogP contribution is 2.30. The van der Waals surface area contributed by atoms with Crippen molar-refractivity contribution in [3.8, 4) is 11.5 Å². The summed E-state index contributed by atoms with van der Waals surface area (Å²) in [5.74, 6) is 1.64. The van der Waals surface area contributed by atoms with E-state index in [-0.39, 0.29) is 6.61 Å². The average molecular weight is 261 g/mol. The predicted octanol–water partition coefficient (Wildman–Crippen LogP) is 1.70. The third-order valence-corrected chi connectivity index (χ3v) is 2.70. The van der Waals surface area contributed by atoms with E-state index in [1.165, 1.54) is 13.4 Å². The molecule has 2 rings (SSSR count). The van der Waals surface area contributed by atoms with Crippen molar-refractivity contribution < 1.29 is 14.3 Å². The lowest BCUT2D eigenvalue weighted by molar-refractivity contribution is 0.111. The maximum atomic E-state index is 11.0. The van der Waals surface area contributed by atoms with E-state index in [0.717, 1.165) is 6.29 Å². The number of para-hydroxylation sites is 1. The first-order valence-corrected chi connectivity index (χ1v) is 5.91. The third kappa shape index (κ3) is 2.73. The van der Waals surface area contributed by atoms with Crippen LogP contribution in [-0.4, -0.2) is 28.2 Å². The average Bonchev–Trinajstić information content (AvgIpc) is 2.91. The summed E-state index contributed by atoms with van der Waals surface area (Å²) in [4.78, 5) is 15.1. The summed E-state index contributed by atoms with van der Waals surface area (Å²) in [6.07, 6.45) is 2.22. The molecular formula is C13H15N3O3. The molecule has 0 radical (unpaired) electrons. The molecule has 1 aromatic carbocycles. The van der Waals surface area contributed by atoms with Crippen LogP contribution >= 0.6 is 0 Å². The highest BCUT2D eigenvalue weighted by Gasteiger charge is 2.12.